The van der Waals surface area contributed by atoms with Gasteiger partial charge >= 0.3 is 6.18 Å². The third-order valence-electron chi connectivity index (χ3n) is 3.64. The van der Waals surface area contributed by atoms with E-state index in [4.69, 9.17) is 4.74 Å². The van der Waals surface area contributed by atoms with Gasteiger partial charge in [0.1, 0.15) is 12.0 Å². The maximum atomic E-state index is 12.9. The number of carbonyl (C=O) groups excluding carboxylic acids is 1. The highest BCUT2D eigenvalue weighted by molar-refractivity contribution is 5.75. The van der Waals surface area contributed by atoms with E-state index in [-0.39, 0.29) is 11.3 Å². The summed E-state index contributed by atoms with van der Waals surface area (Å²) in [5, 5.41) is 0. The van der Waals surface area contributed by atoms with Crippen LogP contribution >= 0.6 is 0 Å². The highest BCUT2D eigenvalue weighted by atomic mass is 19.4. The molecule has 0 amide bonds. The quantitative estimate of drug-likeness (QED) is 0.763. The Kier molecular flexibility index (Phi) is 4.68. The van der Waals surface area contributed by atoms with Gasteiger partial charge in [0.05, 0.1) is 12.2 Å². The second-order valence-corrected chi connectivity index (χ2v) is 5.19. The number of halogens is 3. The maximum Gasteiger partial charge on any atom is 0.419 e. The lowest BCUT2D eigenvalue weighted by molar-refractivity contribution is -0.139. The lowest BCUT2D eigenvalue weighted by atomic mass is 9.90. The maximum absolute atomic E-state index is 12.9. The summed E-state index contributed by atoms with van der Waals surface area (Å²) in [6, 6.07) is 3.41. The van der Waals surface area contributed by atoms with Crippen LogP contribution in [0, 0.1) is 5.92 Å². The van der Waals surface area contributed by atoms with E-state index in [2.05, 4.69) is 0 Å². The van der Waals surface area contributed by atoms with Crippen molar-refractivity contribution in [3.63, 3.8) is 0 Å². The number of carbonyl (C=O) groups is 1. The van der Waals surface area contributed by atoms with Crippen LogP contribution in [0.1, 0.15) is 48.0 Å². The molecule has 1 aromatic carbocycles. The van der Waals surface area contributed by atoms with Gasteiger partial charge in [-0.1, -0.05) is 19.3 Å². The van der Waals surface area contributed by atoms with E-state index in [1.165, 1.54) is 18.6 Å². The fourth-order valence-electron chi connectivity index (χ4n) is 2.53. The van der Waals surface area contributed by atoms with Crippen LogP contribution in [0.2, 0.25) is 0 Å². The number of hydrogen-bond donors (Lipinski definition) is 0. The molecular weight excluding hydrogens is 269 g/mol. The SMILES string of the molecule is O=Cc1ccc(OCC2CCCCC2)c(C(F)(F)F)c1. The summed E-state index contributed by atoms with van der Waals surface area (Å²) in [6.45, 7) is 0.309. The summed E-state index contributed by atoms with van der Waals surface area (Å²) < 4.78 is 44.2. The van der Waals surface area contributed by atoms with E-state index in [0.29, 0.717) is 18.8 Å². The van der Waals surface area contributed by atoms with Crippen LogP contribution in [-0.4, -0.2) is 12.9 Å². The molecule has 0 radical (unpaired) electrons. The van der Waals surface area contributed by atoms with Crippen molar-refractivity contribution >= 4 is 6.29 Å². The highest BCUT2D eigenvalue weighted by Gasteiger charge is 2.34. The first-order valence-electron chi connectivity index (χ1n) is 6.80. The van der Waals surface area contributed by atoms with Crippen molar-refractivity contribution in [2.24, 2.45) is 5.92 Å². The zero-order valence-corrected chi connectivity index (χ0v) is 11.1. The molecule has 2 rings (SSSR count). The summed E-state index contributed by atoms with van der Waals surface area (Å²) in [6.07, 6.45) is 1.33. The Morgan fingerprint density at radius 1 is 1.20 bits per heavy atom. The average molecular weight is 286 g/mol. The van der Waals surface area contributed by atoms with Gasteiger partial charge in [0.2, 0.25) is 0 Å². The molecule has 0 aromatic heterocycles. The smallest absolute Gasteiger partial charge is 0.419 e. The van der Waals surface area contributed by atoms with Gasteiger partial charge in [0.25, 0.3) is 0 Å². The van der Waals surface area contributed by atoms with Crippen molar-refractivity contribution in [3.05, 3.63) is 29.3 Å². The predicted molar refractivity (Wildman–Crippen MR) is 68.9 cm³/mol. The Bertz CT molecular complexity index is 463. The fourth-order valence-corrected chi connectivity index (χ4v) is 2.53. The molecule has 20 heavy (non-hydrogen) atoms. The topological polar surface area (TPSA) is 26.3 Å². The van der Waals surface area contributed by atoms with E-state index >= 15 is 0 Å². The Hall–Kier alpha value is -1.52. The highest BCUT2D eigenvalue weighted by Crippen LogP contribution is 2.37. The van der Waals surface area contributed by atoms with Gasteiger partial charge in [-0.2, -0.15) is 13.2 Å². The first-order valence-corrected chi connectivity index (χ1v) is 6.80. The number of aldehydes is 1. The molecule has 110 valence electrons. The van der Waals surface area contributed by atoms with Crippen LogP contribution in [0.5, 0.6) is 5.75 Å². The summed E-state index contributed by atoms with van der Waals surface area (Å²) in [5.41, 5.74) is -0.875. The molecule has 2 nitrogen and oxygen atoms in total. The standard InChI is InChI=1S/C15H17F3O2/c16-15(17,18)13-8-12(9-19)6-7-14(13)20-10-11-4-2-1-3-5-11/h6-9,11H,1-5,10H2. The molecule has 5 heteroatoms. The van der Waals surface area contributed by atoms with E-state index < -0.39 is 11.7 Å². The van der Waals surface area contributed by atoms with Gasteiger partial charge < -0.3 is 4.74 Å². The zero-order chi connectivity index (χ0) is 14.6. The molecular formula is C15H17F3O2. The van der Waals surface area contributed by atoms with Crippen molar-refractivity contribution in [3.8, 4) is 5.75 Å². The van der Waals surface area contributed by atoms with Gasteiger partial charge in [0, 0.05) is 5.56 Å². The average Bonchev–Trinajstić information content (AvgIpc) is 2.45. The largest absolute Gasteiger partial charge is 0.493 e. The normalized spacial score (nSPS) is 16.9. The minimum Gasteiger partial charge on any atom is -0.493 e. The molecule has 0 bridgehead atoms. The second kappa shape index (κ2) is 6.29. The molecule has 0 spiro atoms. The molecule has 0 atom stereocenters. The van der Waals surface area contributed by atoms with Crippen molar-refractivity contribution in [1.82, 2.24) is 0 Å². The van der Waals surface area contributed by atoms with Gasteiger partial charge in [0.15, 0.2) is 0 Å². The van der Waals surface area contributed by atoms with Crippen LogP contribution in [0.25, 0.3) is 0 Å². The summed E-state index contributed by atoms with van der Waals surface area (Å²) >= 11 is 0. The Balaban J connectivity index is 2.11. The number of alkyl halides is 3. The van der Waals surface area contributed by atoms with Crippen LogP contribution in [0.4, 0.5) is 13.2 Å². The molecule has 0 aliphatic heterocycles. The van der Waals surface area contributed by atoms with Crippen LogP contribution < -0.4 is 4.74 Å². The number of ether oxygens (including phenoxy) is 1. The second-order valence-electron chi connectivity index (χ2n) is 5.19. The molecule has 0 unspecified atom stereocenters. The molecule has 1 fully saturated rings. The van der Waals surface area contributed by atoms with Gasteiger partial charge in [-0.25, -0.2) is 0 Å². The van der Waals surface area contributed by atoms with E-state index in [0.717, 1.165) is 31.7 Å². The van der Waals surface area contributed by atoms with Crippen molar-refractivity contribution in [1.29, 1.82) is 0 Å². The van der Waals surface area contributed by atoms with Gasteiger partial charge in [-0.15, -0.1) is 0 Å². The van der Waals surface area contributed by atoms with Gasteiger partial charge in [-0.05, 0) is 37.0 Å². The predicted octanol–water partition coefficient (Wildman–Crippen LogP) is 4.48. The van der Waals surface area contributed by atoms with E-state index in [9.17, 15) is 18.0 Å². The molecule has 0 heterocycles. The lowest BCUT2D eigenvalue weighted by Gasteiger charge is -2.22. The van der Waals surface area contributed by atoms with Crippen LogP contribution in [0.3, 0.4) is 0 Å². The number of rotatable bonds is 4. The Morgan fingerprint density at radius 3 is 2.50 bits per heavy atom. The molecule has 1 aromatic rings. The monoisotopic (exact) mass is 286 g/mol. The number of benzene rings is 1. The van der Waals surface area contributed by atoms with Crippen LogP contribution in [0.15, 0.2) is 18.2 Å². The first-order chi connectivity index (χ1) is 9.50. The molecule has 1 saturated carbocycles. The lowest BCUT2D eigenvalue weighted by Crippen LogP contribution is -2.17. The molecule has 0 saturated heterocycles. The fraction of sp³-hybridized carbons (Fsp3) is 0.533. The summed E-state index contributed by atoms with van der Waals surface area (Å²) in [7, 11) is 0. The van der Waals surface area contributed by atoms with Crippen molar-refractivity contribution in [2.75, 3.05) is 6.61 Å². The minimum atomic E-state index is -4.51. The molecule has 0 N–H and O–H groups in total. The van der Waals surface area contributed by atoms with Crippen molar-refractivity contribution in [2.45, 2.75) is 38.3 Å². The zero-order valence-electron chi connectivity index (χ0n) is 11.1. The van der Waals surface area contributed by atoms with Crippen LogP contribution in [-0.2, 0) is 6.18 Å². The third-order valence-corrected chi connectivity index (χ3v) is 3.64. The first kappa shape index (κ1) is 14.9. The summed E-state index contributed by atoms with van der Waals surface area (Å²) in [5.74, 6) is 0.143. The summed E-state index contributed by atoms with van der Waals surface area (Å²) in [4.78, 5) is 10.6. The minimum absolute atomic E-state index is 0.00217. The molecule has 1 aliphatic rings. The third kappa shape index (κ3) is 3.74. The van der Waals surface area contributed by atoms with Crippen molar-refractivity contribution < 1.29 is 22.7 Å². The molecule has 1 aliphatic carbocycles. The van der Waals surface area contributed by atoms with E-state index in [1.807, 2.05) is 0 Å². The Labute approximate surface area is 115 Å². The van der Waals surface area contributed by atoms with E-state index in [1.54, 1.807) is 0 Å². The Morgan fingerprint density at radius 2 is 1.90 bits per heavy atom. The number of hydrogen-bond acceptors (Lipinski definition) is 2. The van der Waals surface area contributed by atoms with Gasteiger partial charge in [-0.3, -0.25) is 4.79 Å².